The van der Waals surface area contributed by atoms with Gasteiger partial charge in [-0.25, -0.2) is 0 Å². The van der Waals surface area contributed by atoms with Crippen LogP contribution in [-0.2, 0) is 23.9 Å². The third-order valence-corrected chi connectivity index (χ3v) is 13.9. The van der Waals surface area contributed by atoms with Crippen molar-refractivity contribution >= 4 is 15.5 Å². The molecule has 3 aromatic rings. The van der Waals surface area contributed by atoms with Gasteiger partial charge in [0.15, 0.2) is 0 Å². The second-order valence-electron chi connectivity index (χ2n) is 7.69. The highest BCUT2D eigenvalue weighted by atomic mass is 31.2. The van der Waals surface area contributed by atoms with E-state index in [0.29, 0.717) is 13.2 Å². The number of hydrogen-bond acceptors (Lipinski definition) is 3. The summed E-state index contributed by atoms with van der Waals surface area (Å²) in [6, 6.07) is 32.0. The smallest absolute Gasteiger partial charge is 0.308 e. The first-order valence-corrected chi connectivity index (χ1v) is 13.5. The lowest BCUT2D eigenvalue weighted by molar-refractivity contribution is 0.216. The first-order valence-electron chi connectivity index (χ1n) is 10.5. The summed E-state index contributed by atoms with van der Waals surface area (Å²) < 4.78 is 25.6. The second-order valence-corrected chi connectivity index (χ2v) is 12.8. The second kappa shape index (κ2) is 7.43. The molecule has 3 nitrogen and oxygen atoms in total. The Morgan fingerprint density at radius 3 is 1.53 bits per heavy atom. The fourth-order valence-corrected chi connectivity index (χ4v) is 14.5. The number of fused-ring (bicyclic) bond motifs is 1. The van der Waals surface area contributed by atoms with Crippen LogP contribution in [0.5, 0.6) is 0 Å². The Morgan fingerprint density at radius 2 is 1.13 bits per heavy atom. The van der Waals surface area contributed by atoms with Crippen molar-refractivity contribution < 1.29 is 13.6 Å². The molecule has 0 aromatic heterocycles. The topological polar surface area (TPSA) is 35.5 Å². The molecule has 2 saturated heterocycles. The van der Waals surface area contributed by atoms with E-state index in [-0.39, 0.29) is 15.7 Å². The van der Waals surface area contributed by atoms with E-state index >= 15 is 0 Å². The number of rotatable bonds is 8. The highest BCUT2D eigenvalue weighted by molar-refractivity contribution is 7.90. The Labute approximate surface area is 179 Å². The van der Waals surface area contributed by atoms with E-state index in [1.165, 1.54) is 16.7 Å². The average molecular weight is 436 g/mol. The molecular weight excluding hydrogens is 410 g/mol. The van der Waals surface area contributed by atoms with Crippen molar-refractivity contribution in [1.29, 1.82) is 0 Å². The van der Waals surface area contributed by atoms with Crippen LogP contribution < -0.4 is 0 Å². The van der Waals surface area contributed by atoms with Crippen LogP contribution in [0.3, 0.4) is 0 Å². The first-order chi connectivity index (χ1) is 14.7. The summed E-state index contributed by atoms with van der Waals surface area (Å²) in [5.74, 6) is 0. The number of hydrogen-bond donors (Lipinski definition) is 0. The molecule has 154 valence electrons. The van der Waals surface area contributed by atoms with Gasteiger partial charge in [0.2, 0.25) is 0 Å². The van der Waals surface area contributed by atoms with E-state index in [1.54, 1.807) is 0 Å². The normalized spacial score (nSPS) is 26.1. The van der Waals surface area contributed by atoms with Gasteiger partial charge in [0.25, 0.3) is 0 Å². The monoisotopic (exact) mass is 436 g/mol. The molecule has 2 aliphatic rings. The fraction of sp³-hybridized carbons (Fsp3) is 0.280. The summed E-state index contributed by atoms with van der Waals surface area (Å²) in [5.41, 5.74) is 3.83. The maximum absolute atomic E-state index is 13.9. The van der Waals surface area contributed by atoms with E-state index in [9.17, 15) is 4.57 Å². The van der Waals surface area contributed by atoms with Gasteiger partial charge in [0.1, 0.15) is 0 Å². The van der Waals surface area contributed by atoms with Gasteiger partial charge in [-0.3, -0.25) is 4.57 Å². The zero-order valence-electron chi connectivity index (χ0n) is 17.3. The van der Waals surface area contributed by atoms with Crippen molar-refractivity contribution in [2.24, 2.45) is 0 Å². The summed E-state index contributed by atoms with van der Waals surface area (Å²) in [7, 11) is -3.86. The van der Waals surface area contributed by atoms with Gasteiger partial charge < -0.3 is 9.05 Å². The SMILES string of the molecule is CCOP(=O)(OCC)C1P2C(c3ccccc3)(c3ccccc3)C12c1ccccc1. The molecule has 0 aliphatic carbocycles. The predicted molar refractivity (Wildman–Crippen MR) is 123 cm³/mol. The lowest BCUT2D eigenvalue weighted by atomic mass is 9.78. The van der Waals surface area contributed by atoms with Gasteiger partial charge in [-0.05, 0) is 30.5 Å². The van der Waals surface area contributed by atoms with Crippen LogP contribution in [0.2, 0.25) is 0 Å². The minimum Gasteiger partial charge on any atom is -0.308 e. The van der Waals surface area contributed by atoms with Crippen molar-refractivity contribution in [3.63, 3.8) is 0 Å². The van der Waals surface area contributed by atoms with Gasteiger partial charge in [-0.15, -0.1) is 0 Å². The zero-order chi connectivity index (χ0) is 20.8. The van der Waals surface area contributed by atoms with Crippen molar-refractivity contribution in [3.05, 3.63) is 108 Å². The highest BCUT2D eigenvalue weighted by Gasteiger charge is 3.00. The van der Waals surface area contributed by atoms with Gasteiger partial charge >= 0.3 is 7.60 Å². The molecule has 3 unspecified atom stereocenters. The third-order valence-electron chi connectivity index (χ3n) is 6.31. The Hall–Kier alpha value is -1.76. The molecule has 0 N–H and O–H groups in total. The Morgan fingerprint density at radius 1 is 0.733 bits per heavy atom. The van der Waals surface area contributed by atoms with Crippen LogP contribution in [0.25, 0.3) is 0 Å². The van der Waals surface area contributed by atoms with Crippen LogP contribution in [0.4, 0.5) is 0 Å². The molecule has 5 heteroatoms. The molecule has 30 heavy (non-hydrogen) atoms. The molecule has 0 spiro atoms. The average Bonchev–Trinajstić information content (AvgIpc) is 3.65. The first kappa shape index (κ1) is 20.2. The van der Waals surface area contributed by atoms with Crippen LogP contribution in [0, 0.1) is 0 Å². The molecular formula is C25H26O3P2. The van der Waals surface area contributed by atoms with Crippen LogP contribution >= 0.6 is 15.5 Å². The van der Waals surface area contributed by atoms with Gasteiger partial charge in [0.05, 0.1) is 28.9 Å². The summed E-state index contributed by atoms with van der Waals surface area (Å²) in [6.07, 6.45) is 0. The quantitative estimate of drug-likeness (QED) is 0.359. The molecule has 3 aromatic carbocycles. The van der Waals surface area contributed by atoms with Gasteiger partial charge in [0, 0.05) is 0 Å². The molecule has 0 radical (unpaired) electrons. The summed E-state index contributed by atoms with van der Waals surface area (Å²) in [5, 5.41) is -0.435. The van der Waals surface area contributed by atoms with Crippen LogP contribution in [0.1, 0.15) is 30.5 Å². The lowest BCUT2D eigenvalue weighted by Gasteiger charge is -2.35. The largest absolute Gasteiger partial charge is 0.339 e. The van der Waals surface area contributed by atoms with E-state index in [0.717, 1.165) is 0 Å². The van der Waals surface area contributed by atoms with E-state index in [4.69, 9.17) is 9.05 Å². The van der Waals surface area contributed by atoms with Crippen LogP contribution in [-0.4, -0.2) is 18.6 Å². The predicted octanol–water partition coefficient (Wildman–Crippen LogP) is 6.93. The Kier molecular flexibility index (Phi) is 4.99. The molecule has 0 saturated carbocycles. The lowest BCUT2D eigenvalue weighted by Crippen LogP contribution is -2.32. The molecule has 0 bridgehead atoms. The summed E-state index contributed by atoms with van der Waals surface area (Å²) >= 11 is 0. The molecule has 2 heterocycles. The molecule has 0 amide bonds. The van der Waals surface area contributed by atoms with Gasteiger partial charge in [-0.1, -0.05) is 98.9 Å². The van der Waals surface area contributed by atoms with E-state index in [1.807, 2.05) is 19.9 Å². The molecule has 2 fully saturated rings. The number of benzene rings is 3. The van der Waals surface area contributed by atoms with Crippen molar-refractivity contribution in [1.82, 2.24) is 0 Å². The fourth-order valence-electron chi connectivity index (χ4n) is 5.32. The molecule has 3 atom stereocenters. The molecule has 2 aliphatic heterocycles. The van der Waals surface area contributed by atoms with Crippen molar-refractivity contribution in [2.45, 2.75) is 29.6 Å². The van der Waals surface area contributed by atoms with Gasteiger partial charge in [-0.2, -0.15) is 0 Å². The zero-order valence-corrected chi connectivity index (χ0v) is 19.1. The maximum Gasteiger partial charge on any atom is 0.339 e. The minimum atomic E-state index is -3.21. The Bertz CT molecular complexity index is 1020. The summed E-state index contributed by atoms with van der Waals surface area (Å²) in [4.78, 5) is 0. The van der Waals surface area contributed by atoms with E-state index < -0.39 is 15.5 Å². The third kappa shape index (κ3) is 2.53. The van der Waals surface area contributed by atoms with Crippen molar-refractivity contribution in [2.75, 3.05) is 13.2 Å². The van der Waals surface area contributed by atoms with E-state index in [2.05, 4.69) is 84.9 Å². The standard InChI is InChI=1S/C25H26O3P2/c1-3-27-30(26,28-4-2)23-25(22-18-12-7-13-19-22)24(29(23)25,20-14-8-5-9-15-20)21-16-10-6-11-17-21/h5-19,23H,3-4H2,1-2H3. The minimum absolute atomic E-state index is 0.0669. The van der Waals surface area contributed by atoms with Crippen LogP contribution in [0.15, 0.2) is 91.0 Å². The Balaban J connectivity index is 1.72. The maximum atomic E-state index is 13.9. The summed E-state index contributed by atoms with van der Waals surface area (Å²) in [6.45, 7) is 4.57. The highest BCUT2D eigenvalue weighted by Crippen LogP contribution is 3.17. The van der Waals surface area contributed by atoms with Crippen molar-refractivity contribution in [3.8, 4) is 0 Å². The molecule has 5 rings (SSSR count).